The highest BCUT2D eigenvalue weighted by molar-refractivity contribution is 5.81. The summed E-state index contributed by atoms with van der Waals surface area (Å²) in [4.78, 5) is 13.7. The van der Waals surface area contributed by atoms with Crippen molar-refractivity contribution in [3.8, 4) is 0 Å². The third-order valence-electron chi connectivity index (χ3n) is 2.07. The molecule has 1 N–H and O–H groups in total. The van der Waals surface area contributed by atoms with Crippen LogP contribution < -0.4 is 5.32 Å². The van der Waals surface area contributed by atoms with Gasteiger partial charge in [0.05, 0.1) is 6.54 Å². The summed E-state index contributed by atoms with van der Waals surface area (Å²) in [5.41, 5.74) is 0.654. The standard InChI is InChI=1S/C10H18N2O/c1-8-7-12(6-5-11-8)9(13)10(2,3)4/h11H,1,5-7H2,2-4H3. The van der Waals surface area contributed by atoms with Crippen LogP contribution in [-0.4, -0.2) is 30.4 Å². The maximum Gasteiger partial charge on any atom is 0.228 e. The first-order chi connectivity index (χ1) is 5.91. The van der Waals surface area contributed by atoms with Gasteiger partial charge in [0, 0.05) is 24.2 Å². The van der Waals surface area contributed by atoms with Crippen molar-refractivity contribution in [1.82, 2.24) is 10.2 Å². The van der Waals surface area contributed by atoms with Crippen LogP contribution in [0, 0.1) is 5.41 Å². The molecule has 13 heavy (non-hydrogen) atoms. The first-order valence-electron chi connectivity index (χ1n) is 4.62. The molecule has 1 saturated heterocycles. The summed E-state index contributed by atoms with van der Waals surface area (Å²) in [6.07, 6.45) is 0. The summed E-state index contributed by atoms with van der Waals surface area (Å²) in [5, 5.41) is 3.13. The quantitative estimate of drug-likeness (QED) is 0.605. The van der Waals surface area contributed by atoms with E-state index in [0.29, 0.717) is 6.54 Å². The fourth-order valence-electron chi connectivity index (χ4n) is 1.38. The molecule has 3 nitrogen and oxygen atoms in total. The van der Waals surface area contributed by atoms with Crippen molar-refractivity contribution < 1.29 is 4.79 Å². The van der Waals surface area contributed by atoms with Crippen molar-refractivity contribution in [3.63, 3.8) is 0 Å². The monoisotopic (exact) mass is 182 g/mol. The van der Waals surface area contributed by atoms with E-state index >= 15 is 0 Å². The minimum Gasteiger partial charge on any atom is -0.386 e. The number of hydrogen-bond donors (Lipinski definition) is 1. The molecule has 0 aromatic heterocycles. The molecule has 1 rings (SSSR count). The zero-order chi connectivity index (χ0) is 10.1. The largest absolute Gasteiger partial charge is 0.386 e. The van der Waals surface area contributed by atoms with Gasteiger partial charge >= 0.3 is 0 Å². The zero-order valence-electron chi connectivity index (χ0n) is 8.68. The Kier molecular flexibility index (Phi) is 2.64. The lowest BCUT2D eigenvalue weighted by atomic mass is 9.94. The van der Waals surface area contributed by atoms with Gasteiger partial charge in [0.25, 0.3) is 0 Å². The summed E-state index contributed by atoms with van der Waals surface area (Å²) in [6, 6.07) is 0. The van der Waals surface area contributed by atoms with Crippen LogP contribution in [0.5, 0.6) is 0 Å². The van der Waals surface area contributed by atoms with Crippen molar-refractivity contribution in [2.24, 2.45) is 5.41 Å². The highest BCUT2D eigenvalue weighted by Gasteiger charge is 2.28. The second-order valence-electron chi connectivity index (χ2n) is 4.51. The average molecular weight is 182 g/mol. The van der Waals surface area contributed by atoms with Crippen molar-refractivity contribution >= 4 is 5.91 Å². The molecule has 0 aromatic carbocycles. The SMILES string of the molecule is C=C1CN(C(=O)C(C)(C)C)CCN1. The fourth-order valence-corrected chi connectivity index (χ4v) is 1.38. The van der Waals surface area contributed by atoms with E-state index in [-0.39, 0.29) is 11.3 Å². The Morgan fingerprint density at radius 3 is 2.62 bits per heavy atom. The molecule has 3 heteroatoms. The van der Waals surface area contributed by atoms with Gasteiger partial charge in [0.1, 0.15) is 0 Å². The average Bonchev–Trinajstić information content (AvgIpc) is 2.01. The molecule has 1 amide bonds. The number of piperazine rings is 1. The molecule has 0 bridgehead atoms. The van der Waals surface area contributed by atoms with Crippen LogP contribution >= 0.6 is 0 Å². The lowest BCUT2D eigenvalue weighted by Crippen LogP contribution is -2.48. The maximum atomic E-state index is 11.8. The third-order valence-corrected chi connectivity index (χ3v) is 2.07. The number of hydrogen-bond acceptors (Lipinski definition) is 2. The van der Waals surface area contributed by atoms with Crippen LogP contribution in [0.1, 0.15) is 20.8 Å². The second-order valence-corrected chi connectivity index (χ2v) is 4.51. The Morgan fingerprint density at radius 2 is 2.15 bits per heavy atom. The molecule has 0 aromatic rings. The van der Waals surface area contributed by atoms with Crippen LogP contribution in [0.4, 0.5) is 0 Å². The first kappa shape index (κ1) is 10.1. The predicted molar refractivity (Wildman–Crippen MR) is 53.2 cm³/mol. The van der Waals surface area contributed by atoms with Gasteiger partial charge in [-0.05, 0) is 0 Å². The summed E-state index contributed by atoms with van der Waals surface area (Å²) < 4.78 is 0. The highest BCUT2D eigenvalue weighted by Crippen LogP contribution is 2.18. The van der Waals surface area contributed by atoms with E-state index < -0.39 is 0 Å². The normalized spacial score (nSPS) is 18.4. The van der Waals surface area contributed by atoms with Crippen molar-refractivity contribution in [1.29, 1.82) is 0 Å². The molecule has 0 radical (unpaired) electrons. The molecule has 0 aliphatic carbocycles. The fraction of sp³-hybridized carbons (Fsp3) is 0.700. The van der Waals surface area contributed by atoms with Crippen molar-refractivity contribution in [2.75, 3.05) is 19.6 Å². The molecule has 0 unspecified atom stereocenters. The van der Waals surface area contributed by atoms with Gasteiger partial charge in [-0.25, -0.2) is 0 Å². The summed E-state index contributed by atoms with van der Waals surface area (Å²) >= 11 is 0. The van der Waals surface area contributed by atoms with Gasteiger partial charge in [0.2, 0.25) is 5.91 Å². The van der Waals surface area contributed by atoms with Crippen LogP contribution in [0.25, 0.3) is 0 Å². The van der Waals surface area contributed by atoms with E-state index in [1.807, 2.05) is 25.7 Å². The van der Waals surface area contributed by atoms with Crippen molar-refractivity contribution in [3.05, 3.63) is 12.3 Å². The molecular weight excluding hydrogens is 164 g/mol. The maximum absolute atomic E-state index is 11.8. The number of carbonyl (C=O) groups excluding carboxylic acids is 1. The number of nitrogens with zero attached hydrogens (tertiary/aromatic N) is 1. The van der Waals surface area contributed by atoms with E-state index in [1.54, 1.807) is 0 Å². The number of carbonyl (C=O) groups is 1. The molecule has 1 aliphatic rings. The lowest BCUT2D eigenvalue weighted by Gasteiger charge is -2.33. The molecule has 74 valence electrons. The Hall–Kier alpha value is -0.990. The predicted octanol–water partition coefficient (Wildman–Crippen LogP) is 0.978. The van der Waals surface area contributed by atoms with Crippen molar-refractivity contribution in [2.45, 2.75) is 20.8 Å². The summed E-state index contributed by atoms with van der Waals surface area (Å²) in [5.74, 6) is 0.204. The summed E-state index contributed by atoms with van der Waals surface area (Å²) in [7, 11) is 0. The molecule has 1 fully saturated rings. The molecule has 0 atom stereocenters. The van der Waals surface area contributed by atoms with E-state index in [4.69, 9.17) is 0 Å². The topological polar surface area (TPSA) is 32.3 Å². The van der Waals surface area contributed by atoms with Gasteiger partial charge in [-0.1, -0.05) is 27.4 Å². The molecule has 1 aliphatic heterocycles. The van der Waals surface area contributed by atoms with Crippen LogP contribution in [-0.2, 0) is 4.79 Å². The molecule has 0 saturated carbocycles. The lowest BCUT2D eigenvalue weighted by molar-refractivity contribution is -0.139. The first-order valence-corrected chi connectivity index (χ1v) is 4.62. The zero-order valence-corrected chi connectivity index (χ0v) is 8.68. The molecular formula is C10H18N2O. The van der Waals surface area contributed by atoms with Crippen LogP contribution in [0.3, 0.4) is 0 Å². The number of nitrogens with one attached hydrogen (secondary N) is 1. The Labute approximate surface area is 79.8 Å². The Balaban J connectivity index is 2.62. The van der Waals surface area contributed by atoms with Gasteiger partial charge in [0.15, 0.2) is 0 Å². The Bertz CT molecular complexity index is 228. The van der Waals surface area contributed by atoms with Gasteiger partial charge in [-0.2, -0.15) is 0 Å². The Morgan fingerprint density at radius 1 is 1.54 bits per heavy atom. The van der Waals surface area contributed by atoms with Gasteiger partial charge < -0.3 is 10.2 Å². The minimum absolute atomic E-state index is 0.204. The second kappa shape index (κ2) is 3.40. The molecule has 0 spiro atoms. The van der Waals surface area contributed by atoms with E-state index in [0.717, 1.165) is 18.8 Å². The van der Waals surface area contributed by atoms with Crippen LogP contribution in [0.15, 0.2) is 12.3 Å². The number of amides is 1. The molecule has 1 heterocycles. The third kappa shape index (κ3) is 2.47. The van der Waals surface area contributed by atoms with E-state index in [9.17, 15) is 4.79 Å². The number of rotatable bonds is 0. The van der Waals surface area contributed by atoms with Crippen LogP contribution in [0.2, 0.25) is 0 Å². The minimum atomic E-state index is -0.280. The highest BCUT2D eigenvalue weighted by atomic mass is 16.2. The van der Waals surface area contributed by atoms with Gasteiger partial charge in [-0.3, -0.25) is 4.79 Å². The van der Waals surface area contributed by atoms with E-state index in [1.165, 1.54) is 0 Å². The van der Waals surface area contributed by atoms with Gasteiger partial charge in [-0.15, -0.1) is 0 Å². The smallest absolute Gasteiger partial charge is 0.228 e. The summed E-state index contributed by atoms with van der Waals surface area (Å²) in [6.45, 7) is 11.9. The van der Waals surface area contributed by atoms with E-state index in [2.05, 4.69) is 11.9 Å².